The normalized spacial score (nSPS) is 11.0. The average molecular weight is 471 g/mol. The Morgan fingerprint density at radius 3 is 2.82 bits per heavy atom. The predicted molar refractivity (Wildman–Crippen MR) is 125 cm³/mol. The van der Waals surface area contributed by atoms with Gasteiger partial charge in [0.25, 0.3) is 0 Å². The molecule has 2 N–H and O–H groups in total. The van der Waals surface area contributed by atoms with Crippen LogP contribution in [0.25, 0.3) is 21.6 Å². The molecule has 0 aliphatic heterocycles. The van der Waals surface area contributed by atoms with E-state index in [1.54, 1.807) is 38.4 Å². The summed E-state index contributed by atoms with van der Waals surface area (Å²) in [5, 5.41) is 13.4. The Morgan fingerprint density at radius 2 is 2.09 bits per heavy atom. The van der Waals surface area contributed by atoms with Gasteiger partial charge >= 0.3 is 5.97 Å². The van der Waals surface area contributed by atoms with Crippen LogP contribution in [0.5, 0.6) is 11.5 Å². The van der Waals surface area contributed by atoms with E-state index in [9.17, 15) is 14.3 Å². The molecule has 4 aromatic rings. The van der Waals surface area contributed by atoms with Gasteiger partial charge in [-0.25, -0.2) is 19.2 Å². The zero-order chi connectivity index (χ0) is 23.5. The number of anilines is 1. The maximum atomic E-state index is 14.5. The number of nitrogens with zero attached hydrogens (tertiary/aromatic N) is 3. The number of carboxylic acids is 1. The van der Waals surface area contributed by atoms with E-state index >= 15 is 0 Å². The molecule has 0 aliphatic carbocycles. The molecule has 0 fully saturated rings. The van der Waals surface area contributed by atoms with Gasteiger partial charge in [-0.1, -0.05) is 0 Å². The number of aromatic carboxylic acids is 1. The lowest BCUT2D eigenvalue weighted by Crippen LogP contribution is -2.13. The van der Waals surface area contributed by atoms with Crippen LogP contribution in [0.2, 0.25) is 0 Å². The summed E-state index contributed by atoms with van der Waals surface area (Å²) < 4.78 is 27.2. The molecular weight excluding hydrogens is 447 g/mol. The standard InChI is InChI=1S/C23H23FN4O4S/c1-4-32-17-12-18(33-21(17)23(29)30)22-26-8-7-19(27-22)25-9-10-28-13(2)11-14-16(31-3)6-5-15(24)20(14)28/h5-8,11-12H,4,9-10H2,1-3H3,(H,29,30)(H,25,26,27). The molecule has 4 rings (SSSR count). The topological polar surface area (TPSA) is 98.5 Å². The number of halogens is 1. The first kappa shape index (κ1) is 22.5. The Morgan fingerprint density at radius 1 is 1.27 bits per heavy atom. The molecule has 172 valence electrons. The zero-order valence-electron chi connectivity index (χ0n) is 18.4. The summed E-state index contributed by atoms with van der Waals surface area (Å²) in [6.45, 7) is 5.08. The first-order chi connectivity index (χ1) is 15.9. The van der Waals surface area contributed by atoms with Crippen LogP contribution >= 0.6 is 11.3 Å². The molecule has 3 aromatic heterocycles. The Labute approximate surface area is 193 Å². The molecule has 0 saturated heterocycles. The minimum absolute atomic E-state index is 0.112. The fraction of sp³-hybridized carbons (Fsp3) is 0.261. The van der Waals surface area contributed by atoms with Crippen LogP contribution < -0.4 is 14.8 Å². The summed E-state index contributed by atoms with van der Waals surface area (Å²) in [5.41, 5.74) is 1.42. The number of carboxylic acid groups (broad SMARTS) is 1. The van der Waals surface area contributed by atoms with Gasteiger partial charge in [0.05, 0.1) is 24.1 Å². The summed E-state index contributed by atoms with van der Waals surface area (Å²) in [6.07, 6.45) is 1.60. The second-order valence-electron chi connectivity index (χ2n) is 7.18. The van der Waals surface area contributed by atoms with E-state index in [1.165, 1.54) is 6.07 Å². The smallest absolute Gasteiger partial charge is 0.349 e. The summed E-state index contributed by atoms with van der Waals surface area (Å²) in [7, 11) is 1.57. The summed E-state index contributed by atoms with van der Waals surface area (Å²) in [6, 6.07) is 8.31. The number of aryl methyl sites for hydroxylation is 1. The van der Waals surface area contributed by atoms with Crippen molar-refractivity contribution in [2.24, 2.45) is 0 Å². The van der Waals surface area contributed by atoms with Crippen molar-refractivity contribution in [2.75, 3.05) is 25.6 Å². The van der Waals surface area contributed by atoms with Gasteiger partial charge in [0.2, 0.25) is 0 Å². The number of methoxy groups -OCH3 is 1. The first-order valence-electron chi connectivity index (χ1n) is 10.3. The van der Waals surface area contributed by atoms with Crippen LogP contribution in [-0.4, -0.2) is 45.9 Å². The predicted octanol–water partition coefficient (Wildman–Crippen LogP) is 4.82. The number of fused-ring (bicyclic) bond motifs is 1. The van der Waals surface area contributed by atoms with Crippen molar-refractivity contribution in [2.45, 2.75) is 20.4 Å². The third-order valence-electron chi connectivity index (χ3n) is 5.11. The van der Waals surface area contributed by atoms with Crippen molar-refractivity contribution in [3.63, 3.8) is 0 Å². The molecule has 33 heavy (non-hydrogen) atoms. The minimum Gasteiger partial charge on any atom is -0.496 e. The largest absolute Gasteiger partial charge is 0.496 e. The van der Waals surface area contributed by atoms with Crippen LogP contribution in [0.1, 0.15) is 22.3 Å². The van der Waals surface area contributed by atoms with E-state index in [-0.39, 0.29) is 10.7 Å². The second-order valence-corrected chi connectivity index (χ2v) is 8.24. The molecule has 0 radical (unpaired) electrons. The lowest BCUT2D eigenvalue weighted by Gasteiger charge is -2.11. The number of hydrogen-bond acceptors (Lipinski definition) is 7. The molecule has 0 aliphatic rings. The van der Waals surface area contributed by atoms with Gasteiger partial charge in [0.15, 0.2) is 10.7 Å². The summed E-state index contributed by atoms with van der Waals surface area (Å²) >= 11 is 1.06. The van der Waals surface area contributed by atoms with Gasteiger partial charge in [-0.15, -0.1) is 11.3 Å². The van der Waals surface area contributed by atoms with Crippen molar-refractivity contribution in [3.05, 3.63) is 52.9 Å². The van der Waals surface area contributed by atoms with Gasteiger partial charge in [-0.2, -0.15) is 0 Å². The maximum absolute atomic E-state index is 14.5. The third-order valence-corrected chi connectivity index (χ3v) is 6.21. The van der Waals surface area contributed by atoms with E-state index in [1.807, 2.05) is 17.6 Å². The first-order valence-corrected chi connectivity index (χ1v) is 11.1. The second kappa shape index (κ2) is 9.45. The highest BCUT2D eigenvalue weighted by Gasteiger charge is 2.19. The Bertz CT molecular complexity index is 1320. The van der Waals surface area contributed by atoms with Crippen LogP contribution in [0, 0.1) is 12.7 Å². The quantitative estimate of drug-likeness (QED) is 0.362. The number of benzene rings is 1. The Balaban J connectivity index is 1.53. The van der Waals surface area contributed by atoms with Crippen LogP contribution in [-0.2, 0) is 6.54 Å². The highest BCUT2D eigenvalue weighted by molar-refractivity contribution is 7.17. The maximum Gasteiger partial charge on any atom is 0.349 e. The van der Waals surface area contributed by atoms with Gasteiger partial charge in [0.1, 0.15) is 23.1 Å². The average Bonchev–Trinajstić information content (AvgIpc) is 3.37. The number of nitrogens with one attached hydrogen (secondary N) is 1. The highest BCUT2D eigenvalue weighted by atomic mass is 32.1. The van der Waals surface area contributed by atoms with Gasteiger partial charge < -0.3 is 24.5 Å². The minimum atomic E-state index is -1.05. The van der Waals surface area contributed by atoms with Crippen molar-refractivity contribution >= 4 is 34.0 Å². The third kappa shape index (κ3) is 4.47. The zero-order valence-corrected chi connectivity index (χ0v) is 19.2. The molecule has 0 atom stereocenters. The van der Waals surface area contributed by atoms with Crippen molar-refractivity contribution in [1.29, 1.82) is 0 Å². The van der Waals surface area contributed by atoms with Gasteiger partial charge in [0, 0.05) is 36.4 Å². The molecule has 3 heterocycles. The summed E-state index contributed by atoms with van der Waals surface area (Å²) in [5.74, 6) is 0.554. The molecule has 1 aromatic carbocycles. The molecule has 0 amide bonds. The Kier molecular flexibility index (Phi) is 6.45. The molecule has 0 bridgehead atoms. The monoisotopic (exact) mass is 470 g/mol. The molecular formula is C23H23FN4O4S. The van der Waals surface area contributed by atoms with E-state index < -0.39 is 5.97 Å². The van der Waals surface area contributed by atoms with Crippen LogP contribution in [0.15, 0.2) is 36.5 Å². The number of carbonyl (C=O) groups is 1. The lowest BCUT2D eigenvalue weighted by atomic mass is 10.2. The van der Waals surface area contributed by atoms with Crippen molar-refractivity contribution in [1.82, 2.24) is 14.5 Å². The molecule has 0 unspecified atom stereocenters. The number of hydrogen-bond donors (Lipinski definition) is 2. The van der Waals surface area contributed by atoms with Gasteiger partial charge in [-0.05, 0) is 38.1 Å². The number of ether oxygens (including phenoxy) is 2. The molecule has 10 heteroatoms. The van der Waals surface area contributed by atoms with E-state index in [4.69, 9.17) is 9.47 Å². The Hall–Kier alpha value is -3.66. The summed E-state index contributed by atoms with van der Waals surface area (Å²) in [4.78, 5) is 21.0. The van der Waals surface area contributed by atoms with Gasteiger partial charge in [-0.3, -0.25) is 0 Å². The van der Waals surface area contributed by atoms with E-state index in [2.05, 4.69) is 15.3 Å². The fourth-order valence-corrected chi connectivity index (χ4v) is 4.56. The van der Waals surface area contributed by atoms with E-state index in [0.717, 1.165) is 22.4 Å². The lowest BCUT2D eigenvalue weighted by molar-refractivity contribution is 0.0698. The molecule has 8 nitrogen and oxygen atoms in total. The molecule has 0 saturated carbocycles. The highest BCUT2D eigenvalue weighted by Crippen LogP contribution is 2.35. The molecule has 0 spiro atoms. The fourth-order valence-electron chi connectivity index (χ4n) is 3.67. The van der Waals surface area contributed by atoms with E-state index in [0.29, 0.717) is 53.2 Å². The van der Waals surface area contributed by atoms with Crippen LogP contribution in [0.3, 0.4) is 0 Å². The van der Waals surface area contributed by atoms with Crippen LogP contribution in [0.4, 0.5) is 10.2 Å². The van der Waals surface area contributed by atoms with Crippen molar-refractivity contribution < 1.29 is 23.8 Å². The number of aromatic nitrogens is 3. The number of rotatable bonds is 9. The van der Waals surface area contributed by atoms with Crippen molar-refractivity contribution in [3.8, 4) is 22.2 Å². The SMILES string of the molecule is CCOc1cc(-c2nccc(NCCn3c(C)cc4c(OC)ccc(F)c43)n2)sc1C(=O)O. The number of thiophene rings is 1.